The average molecular weight is 320 g/mol. The van der Waals surface area contributed by atoms with Gasteiger partial charge >= 0.3 is 0 Å². The highest BCUT2D eigenvalue weighted by Crippen LogP contribution is 2.25. The Morgan fingerprint density at radius 3 is 2.43 bits per heavy atom. The minimum Gasteiger partial charge on any atom is -0.316 e. The fourth-order valence-electron chi connectivity index (χ4n) is 2.08. The third kappa shape index (κ3) is 5.85. The van der Waals surface area contributed by atoms with E-state index in [1.165, 1.54) is 15.3 Å². The van der Waals surface area contributed by atoms with Crippen LogP contribution >= 0.6 is 23.1 Å². The topological polar surface area (TPSA) is 12.0 Å². The fourth-order valence-corrected chi connectivity index (χ4v) is 3.60. The lowest BCUT2D eigenvalue weighted by atomic mass is 9.87. The molecule has 0 aliphatic carbocycles. The molecular formula is C18H25NS2. The van der Waals surface area contributed by atoms with Gasteiger partial charge in [-0.2, -0.15) is 0 Å². The van der Waals surface area contributed by atoms with Gasteiger partial charge < -0.3 is 5.32 Å². The van der Waals surface area contributed by atoms with Crippen LogP contribution in [0.3, 0.4) is 0 Å². The van der Waals surface area contributed by atoms with Crippen molar-refractivity contribution in [2.45, 2.75) is 37.5 Å². The molecule has 0 amide bonds. The number of rotatable bonds is 7. The summed E-state index contributed by atoms with van der Waals surface area (Å²) in [5.74, 6) is 1.12. The van der Waals surface area contributed by atoms with E-state index in [0.717, 1.165) is 25.3 Å². The van der Waals surface area contributed by atoms with Crippen molar-refractivity contribution in [1.82, 2.24) is 5.32 Å². The van der Waals surface area contributed by atoms with Crippen LogP contribution in [-0.2, 0) is 11.8 Å². The molecule has 3 heteroatoms. The smallest absolute Gasteiger partial charge is 0.0106 e. The Balaban J connectivity index is 1.62. The minimum absolute atomic E-state index is 0.243. The van der Waals surface area contributed by atoms with E-state index in [1.807, 2.05) is 23.1 Å². The molecule has 2 rings (SSSR count). The van der Waals surface area contributed by atoms with Crippen molar-refractivity contribution in [3.05, 3.63) is 52.2 Å². The summed E-state index contributed by atoms with van der Waals surface area (Å²) in [5.41, 5.74) is 1.65. The van der Waals surface area contributed by atoms with E-state index >= 15 is 0 Å². The van der Waals surface area contributed by atoms with Crippen LogP contribution in [0.25, 0.3) is 0 Å². The van der Waals surface area contributed by atoms with Crippen molar-refractivity contribution >= 4 is 23.1 Å². The third-order valence-corrected chi connectivity index (χ3v) is 5.35. The van der Waals surface area contributed by atoms with E-state index in [2.05, 4.69) is 67.9 Å². The molecule has 2 aromatic rings. The van der Waals surface area contributed by atoms with Gasteiger partial charge in [-0.15, -0.1) is 23.1 Å². The Morgan fingerprint density at radius 1 is 1.05 bits per heavy atom. The molecule has 1 aromatic carbocycles. The van der Waals surface area contributed by atoms with Crippen LogP contribution in [0.5, 0.6) is 0 Å². The Bertz CT molecular complexity index is 509. The monoisotopic (exact) mass is 319 g/mol. The number of hydrogen-bond donors (Lipinski definition) is 1. The van der Waals surface area contributed by atoms with E-state index in [9.17, 15) is 0 Å². The quantitative estimate of drug-likeness (QED) is 0.571. The number of benzene rings is 1. The first-order valence-electron chi connectivity index (χ1n) is 7.52. The summed E-state index contributed by atoms with van der Waals surface area (Å²) in [6.45, 7) is 8.91. The van der Waals surface area contributed by atoms with Gasteiger partial charge in [0.15, 0.2) is 0 Å². The Hall–Kier alpha value is -0.770. The first kappa shape index (κ1) is 16.6. The molecule has 114 valence electrons. The van der Waals surface area contributed by atoms with Crippen LogP contribution < -0.4 is 5.32 Å². The van der Waals surface area contributed by atoms with Gasteiger partial charge in [-0.3, -0.25) is 0 Å². The summed E-state index contributed by atoms with van der Waals surface area (Å²) < 4.78 is 0. The van der Waals surface area contributed by atoms with Gasteiger partial charge in [-0.05, 0) is 47.5 Å². The molecule has 1 nitrogen and oxygen atoms in total. The zero-order valence-corrected chi connectivity index (χ0v) is 14.8. The maximum atomic E-state index is 3.52. The van der Waals surface area contributed by atoms with E-state index in [-0.39, 0.29) is 5.41 Å². The zero-order valence-electron chi connectivity index (χ0n) is 13.2. The third-order valence-electron chi connectivity index (χ3n) is 3.40. The Labute approximate surface area is 137 Å². The first-order valence-corrected chi connectivity index (χ1v) is 9.39. The summed E-state index contributed by atoms with van der Waals surface area (Å²) in [5, 5.41) is 5.66. The number of thiophene rings is 1. The molecule has 21 heavy (non-hydrogen) atoms. The van der Waals surface area contributed by atoms with E-state index in [4.69, 9.17) is 0 Å². The number of thioether (sulfide) groups is 1. The molecule has 1 heterocycles. The largest absolute Gasteiger partial charge is 0.316 e. The summed E-state index contributed by atoms with van der Waals surface area (Å²) in [6.07, 6.45) is 1.14. The second kappa shape index (κ2) is 8.02. The van der Waals surface area contributed by atoms with Gasteiger partial charge in [0.1, 0.15) is 0 Å². The standard InChI is InChI=1S/C18H25NS2/c1-18(2,3)15-6-8-17(9-7-15)21-14-12-19-11-10-16-5-4-13-20-16/h4-9,13,19H,10-12,14H2,1-3H3. The fraction of sp³-hybridized carbons (Fsp3) is 0.444. The number of hydrogen-bond acceptors (Lipinski definition) is 3. The van der Waals surface area contributed by atoms with Crippen molar-refractivity contribution in [3.8, 4) is 0 Å². The predicted molar refractivity (Wildman–Crippen MR) is 96.8 cm³/mol. The summed E-state index contributed by atoms with van der Waals surface area (Å²) >= 11 is 3.77. The minimum atomic E-state index is 0.243. The summed E-state index contributed by atoms with van der Waals surface area (Å²) in [6, 6.07) is 13.3. The van der Waals surface area contributed by atoms with Crippen molar-refractivity contribution in [1.29, 1.82) is 0 Å². The molecule has 0 unspecified atom stereocenters. The van der Waals surface area contributed by atoms with Gasteiger partial charge in [0.05, 0.1) is 0 Å². The highest BCUT2D eigenvalue weighted by Gasteiger charge is 2.12. The molecule has 0 saturated heterocycles. The first-order chi connectivity index (χ1) is 10.1. The van der Waals surface area contributed by atoms with Gasteiger partial charge in [-0.1, -0.05) is 39.0 Å². The lowest BCUT2D eigenvalue weighted by Crippen LogP contribution is -2.19. The predicted octanol–water partition coefficient (Wildman–Crippen LogP) is 4.97. The molecule has 1 N–H and O–H groups in total. The molecule has 0 fully saturated rings. The number of nitrogens with one attached hydrogen (secondary N) is 1. The zero-order chi connectivity index (χ0) is 15.1. The van der Waals surface area contributed by atoms with Crippen LogP contribution in [0, 0.1) is 0 Å². The molecule has 1 aromatic heterocycles. The normalized spacial score (nSPS) is 11.8. The van der Waals surface area contributed by atoms with Crippen LogP contribution in [0.2, 0.25) is 0 Å². The van der Waals surface area contributed by atoms with Crippen molar-refractivity contribution in [3.63, 3.8) is 0 Å². The maximum absolute atomic E-state index is 3.52. The molecule has 0 spiro atoms. The van der Waals surface area contributed by atoms with Crippen molar-refractivity contribution in [2.75, 3.05) is 18.8 Å². The SMILES string of the molecule is CC(C)(C)c1ccc(SCCNCCc2cccs2)cc1. The maximum Gasteiger partial charge on any atom is 0.0106 e. The summed E-state index contributed by atoms with van der Waals surface area (Å²) in [7, 11) is 0. The van der Waals surface area contributed by atoms with Crippen LogP contribution in [0.15, 0.2) is 46.7 Å². The van der Waals surface area contributed by atoms with Gasteiger partial charge in [0, 0.05) is 22.1 Å². The highest BCUT2D eigenvalue weighted by atomic mass is 32.2. The van der Waals surface area contributed by atoms with E-state index in [0.29, 0.717) is 0 Å². The van der Waals surface area contributed by atoms with Crippen molar-refractivity contribution < 1.29 is 0 Å². The molecule has 0 aliphatic rings. The second-order valence-electron chi connectivity index (χ2n) is 6.20. The van der Waals surface area contributed by atoms with Crippen LogP contribution in [0.4, 0.5) is 0 Å². The summed E-state index contributed by atoms with van der Waals surface area (Å²) in [4.78, 5) is 2.83. The molecular weight excluding hydrogens is 294 g/mol. The van der Waals surface area contributed by atoms with Gasteiger partial charge in [0.2, 0.25) is 0 Å². The average Bonchev–Trinajstić information content (AvgIpc) is 2.95. The van der Waals surface area contributed by atoms with Crippen LogP contribution in [-0.4, -0.2) is 18.8 Å². The van der Waals surface area contributed by atoms with Crippen molar-refractivity contribution in [2.24, 2.45) is 0 Å². The van der Waals surface area contributed by atoms with Gasteiger partial charge in [-0.25, -0.2) is 0 Å². The Morgan fingerprint density at radius 2 is 1.81 bits per heavy atom. The molecule has 0 aliphatic heterocycles. The van der Waals surface area contributed by atoms with Crippen LogP contribution in [0.1, 0.15) is 31.2 Å². The molecule has 0 bridgehead atoms. The molecule has 0 saturated carbocycles. The lowest BCUT2D eigenvalue weighted by Gasteiger charge is -2.19. The van der Waals surface area contributed by atoms with Gasteiger partial charge in [0.25, 0.3) is 0 Å². The highest BCUT2D eigenvalue weighted by molar-refractivity contribution is 7.99. The molecule has 0 radical (unpaired) electrons. The Kier molecular flexibility index (Phi) is 6.34. The second-order valence-corrected chi connectivity index (χ2v) is 8.40. The lowest BCUT2D eigenvalue weighted by molar-refractivity contribution is 0.590. The molecule has 0 atom stereocenters. The van der Waals surface area contributed by atoms with E-state index < -0.39 is 0 Å². The van der Waals surface area contributed by atoms with E-state index in [1.54, 1.807) is 0 Å².